The zero-order valence-electron chi connectivity index (χ0n) is 12.5. The molecule has 3 aromatic rings. The molecule has 0 aliphatic rings. The molecule has 0 fully saturated rings. The van der Waals surface area contributed by atoms with E-state index in [1.54, 1.807) is 7.11 Å². The van der Waals surface area contributed by atoms with E-state index in [-0.39, 0.29) is 6.04 Å². The van der Waals surface area contributed by atoms with Crippen LogP contribution in [0.4, 0.5) is 5.95 Å². The van der Waals surface area contributed by atoms with Crippen LogP contribution >= 0.6 is 0 Å². The molecule has 110 valence electrons. The summed E-state index contributed by atoms with van der Waals surface area (Å²) in [6, 6.07) is 5.74. The number of aromatic nitrogens is 3. The molecular formula is C15H18N4O2. The maximum atomic E-state index is 6.11. The highest BCUT2D eigenvalue weighted by Crippen LogP contribution is 2.31. The molecule has 3 rings (SSSR count). The van der Waals surface area contributed by atoms with Gasteiger partial charge >= 0.3 is 0 Å². The summed E-state index contributed by atoms with van der Waals surface area (Å²) in [7, 11) is 1.63. The largest absolute Gasteiger partial charge is 0.497 e. The molecule has 0 amide bonds. The summed E-state index contributed by atoms with van der Waals surface area (Å²) in [6.45, 7) is 5.90. The highest BCUT2D eigenvalue weighted by Gasteiger charge is 2.22. The molecule has 0 spiro atoms. The molecule has 0 bridgehead atoms. The van der Waals surface area contributed by atoms with Crippen LogP contribution in [-0.2, 0) is 0 Å². The number of benzene rings is 1. The third-order valence-corrected chi connectivity index (χ3v) is 3.82. The quantitative estimate of drug-likeness (QED) is 0.801. The van der Waals surface area contributed by atoms with Crippen LogP contribution in [0.25, 0.3) is 11.0 Å². The lowest BCUT2D eigenvalue weighted by Gasteiger charge is -2.16. The fourth-order valence-electron chi connectivity index (χ4n) is 2.85. The summed E-state index contributed by atoms with van der Waals surface area (Å²) in [4.78, 5) is 4.42. The summed E-state index contributed by atoms with van der Waals surface area (Å²) in [6.07, 6.45) is 0. The Kier molecular flexibility index (Phi) is 3.08. The molecule has 0 aliphatic heterocycles. The van der Waals surface area contributed by atoms with E-state index in [0.29, 0.717) is 5.95 Å². The van der Waals surface area contributed by atoms with Crippen LogP contribution in [0.15, 0.2) is 22.7 Å². The molecule has 0 saturated carbocycles. The van der Waals surface area contributed by atoms with Crippen LogP contribution in [-0.4, -0.2) is 21.8 Å². The molecule has 0 aliphatic carbocycles. The minimum Gasteiger partial charge on any atom is -0.497 e. The molecule has 2 aromatic heterocycles. The van der Waals surface area contributed by atoms with E-state index in [1.807, 2.05) is 36.6 Å². The molecular weight excluding hydrogens is 268 g/mol. The molecule has 2 heterocycles. The lowest BCUT2D eigenvalue weighted by atomic mass is 10.1. The Morgan fingerprint density at radius 2 is 2.10 bits per heavy atom. The number of imidazole rings is 1. The van der Waals surface area contributed by atoms with Crippen molar-refractivity contribution in [3.8, 4) is 5.75 Å². The highest BCUT2D eigenvalue weighted by molar-refractivity contribution is 5.80. The molecule has 21 heavy (non-hydrogen) atoms. The summed E-state index contributed by atoms with van der Waals surface area (Å²) in [5, 5.41) is 4.01. The van der Waals surface area contributed by atoms with Crippen molar-refractivity contribution < 1.29 is 9.26 Å². The van der Waals surface area contributed by atoms with Crippen molar-refractivity contribution in [2.45, 2.75) is 26.8 Å². The van der Waals surface area contributed by atoms with Crippen LogP contribution in [0.3, 0.4) is 0 Å². The van der Waals surface area contributed by atoms with Crippen molar-refractivity contribution in [2.24, 2.45) is 0 Å². The number of anilines is 1. The van der Waals surface area contributed by atoms with Gasteiger partial charge in [0, 0.05) is 11.6 Å². The lowest BCUT2D eigenvalue weighted by Crippen LogP contribution is -2.11. The van der Waals surface area contributed by atoms with Crippen molar-refractivity contribution in [1.82, 2.24) is 14.7 Å². The first-order valence-electron chi connectivity index (χ1n) is 6.77. The lowest BCUT2D eigenvalue weighted by molar-refractivity contribution is 0.391. The van der Waals surface area contributed by atoms with Gasteiger partial charge in [-0.1, -0.05) is 5.16 Å². The zero-order chi connectivity index (χ0) is 15.1. The van der Waals surface area contributed by atoms with E-state index in [1.165, 1.54) is 0 Å². The maximum Gasteiger partial charge on any atom is 0.201 e. The third kappa shape index (κ3) is 2.03. The van der Waals surface area contributed by atoms with Crippen LogP contribution in [0.5, 0.6) is 5.75 Å². The standard InChI is InChI=1S/C15H18N4O2/c1-8-14(10(3)21-18-8)9(2)19-13-6-5-11(20-4)7-12(13)17-15(19)16/h5-7,9H,1-4H3,(H2,16,17). The van der Waals surface area contributed by atoms with E-state index in [9.17, 15) is 0 Å². The van der Waals surface area contributed by atoms with E-state index in [0.717, 1.165) is 33.8 Å². The molecule has 0 radical (unpaired) electrons. The zero-order valence-corrected chi connectivity index (χ0v) is 12.5. The first-order valence-corrected chi connectivity index (χ1v) is 6.77. The SMILES string of the molecule is COc1ccc2c(c1)nc(N)n2C(C)c1c(C)noc1C. The molecule has 1 unspecified atom stereocenters. The van der Waals surface area contributed by atoms with Crippen molar-refractivity contribution in [1.29, 1.82) is 0 Å². The topological polar surface area (TPSA) is 79.1 Å². The summed E-state index contributed by atoms with van der Waals surface area (Å²) in [5.74, 6) is 2.03. The van der Waals surface area contributed by atoms with Crippen molar-refractivity contribution in [3.63, 3.8) is 0 Å². The van der Waals surface area contributed by atoms with Crippen molar-refractivity contribution >= 4 is 17.0 Å². The first kappa shape index (κ1) is 13.5. The van der Waals surface area contributed by atoms with Gasteiger partial charge in [-0.25, -0.2) is 4.98 Å². The molecule has 6 nitrogen and oxygen atoms in total. The number of aryl methyl sites for hydroxylation is 2. The van der Waals surface area contributed by atoms with E-state index in [2.05, 4.69) is 17.1 Å². The fourth-order valence-corrected chi connectivity index (χ4v) is 2.85. The van der Waals surface area contributed by atoms with Gasteiger partial charge in [-0.15, -0.1) is 0 Å². The highest BCUT2D eigenvalue weighted by atomic mass is 16.5. The van der Waals surface area contributed by atoms with Crippen LogP contribution in [0.1, 0.15) is 30.0 Å². The van der Waals surface area contributed by atoms with Gasteiger partial charge in [0.1, 0.15) is 11.5 Å². The first-order chi connectivity index (χ1) is 10.0. The number of hydrogen-bond donors (Lipinski definition) is 1. The van der Waals surface area contributed by atoms with E-state index in [4.69, 9.17) is 15.0 Å². The number of nitrogens with zero attached hydrogens (tertiary/aromatic N) is 3. The fraction of sp³-hybridized carbons (Fsp3) is 0.333. The number of fused-ring (bicyclic) bond motifs is 1. The number of nitrogens with two attached hydrogens (primary N) is 1. The molecule has 0 saturated heterocycles. The van der Waals surface area contributed by atoms with E-state index >= 15 is 0 Å². The average molecular weight is 286 g/mol. The second kappa shape index (κ2) is 4.80. The number of methoxy groups -OCH3 is 1. The van der Waals surface area contributed by atoms with Gasteiger partial charge in [-0.3, -0.25) is 0 Å². The second-order valence-electron chi connectivity index (χ2n) is 5.11. The monoisotopic (exact) mass is 286 g/mol. The third-order valence-electron chi connectivity index (χ3n) is 3.82. The van der Waals surface area contributed by atoms with Crippen LogP contribution < -0.4 is 10.5 Å². The van der Waals surface area contributed by atoms with Gasteiger partial charge in [0.25, 0.3) is 0 Å². The smallest absolute Gasteiger partial charge is 0.201 e. The van der Waals surface area contributed by atoms with Crippen LogP contribution in [0, 0.1) is 13.8 Å². The van der Waals surface area contributed by atoms with E-state index < -0.39 is 0 Å². The maximum absolute atomic E-state index is 6.11. The van der Waals surface area contributed by atoms with Gasteiger partial charge in [-0.2, -0.15) is 0 Å². The summed E-state index contributed by atoms with van der Waals surface area (Å²) in [5.41, 5.74) is 9.79. The predicted molar refractivity (Wildman–Crippen MR) is 80.5 cm³/mol. The second-order valence-corrected chi connectivity index (χ2v) is 5.11. The summed E-state index contributed by atoms with van der Waals surface area (Å²) >= 11 is 0. The van der Waals surface area contributed by atoms with Gasteiger partial charge in [0.15, 0.2) is 0 Å². The molecule has 6 heteroatoms. The molecule has 1 aromatic carbocycles. The number of nitrogen functional groups attached to an aromatic ring is 1. The van der Waals surface area contributed by atoms with Crippen molar-refractivity contribution in [3.05, 3.63) is 35.2 Å². The van der Waals surface area contributed by atoms with Gasteiger partial charge in [0.05, 0.1) is 29.9 Å². The Morgan fingerprint density at radius 3 is 2.71 bits per heavy atom. The minimum absolute atomic E-state index is 0.00496. The van der Waals surface area contributed by atoms with Gasteiger partial charge in [-0.05, 0) is 32.9 Å². The number of rotatable bonds is 3. The summed E-state index contributed by atoms with van der Waals surface area (Å²) < 4.78 is 12.5. The van der Waals surface area contributed by atoms with Crippen molar-refractivity contribution in [2.75, 3.05) is 12.8 Å². The van der Waals surface area contributed by atoms with Crippen LogP contribution in [0.2, 0.25) is 0 Å². The number of hydrogen-bond acceptors (Lipinski definition) is 5. The Balaban J connectivity index is 2.18. The molecule has 2 N–H and O–H groups in total. The minimum atomic E-state index is -0.00496. The predicted octanol–water partition coefficient (Wildman–Crippen LogP) is 2.84. The average Bonchev–Trinajstić information content (AvgIpc) is 2.96. The Bertz CT molecular complexity index is 784. The Hall–Kier alpha value is -2.50. The molecule has 1 atom stereocenters. The Morgan fingerprint density at radius 1 is 1.33 bits per heavy atom. The Labute approximate surface area is 122 Å². The normalized spacial score (nSPS) is 12.8. The van der Waals surface area contributed by atoms with Gasteiger partial charge < -0.3 is 19.6 Å². The number of ether oxygens (including phenoxy) is 1. The van der Waals surface area contributed by atoms with Gasteiger partial charge in [0.2, 0.25) is 5.95 Å².